The van der Waals surface area contributed by atoms with Gasteiger partial charge in [0, 0.05) is 61.4 Å². The van der Waals surface area contributed by atoms with Gasteiger partial charge in [-0.2, -0.15) is 0 Å². The molecule has 6 nitrogen and oxygen atoms in total. The van der Waals surface area contributed by atoms with Crippen molar-refractivity contribution in [3.8, 4) is 0 Å². The zero-order valence-corrected chi connectivity index (χ0v) is 20.0. The molecule has 0 spiro atoms. The van der Waals surface area contributed by atoms with E-state index in [0.717, 1.165) is 0 Å². The summed E-state index contributed by atoms with van der Waals surface area (Å²) < 4.78 is 29.5. The van der Waals surface area contributed by atoms with Crippen LogP contribution in [0.5, 0.6) is 0 Å². The van der Waals surface area contributed by atoms with Crippen molar-refractivity contribution in [2.24, 2.45) is 0 Å². The third kappa shape index (κ3) is 4.84. The summed E-state index contributed by atoms with van der Waals surface area (Å²) in [6.45, 7) is 4.40. The number of hydrogen-bond acceptors (Lipinski definition) is 5. The first-order valence-electron chi connectivity index (χ1n) is 12.0. The summed E-state index contributed by atoms with van der Waals surface area (Å²) in [6.07, 6.45) is 7.10. The number of carbonyl (C=O) groups is 1. The largest absolute Gasteiger partial charge is 0.355 e. The first kappa shape index (κ1) is 23.7. The van der Waals surface area contributed by atoms with E-state index in [0.29, 0.717) is 54.5 Å². The van der Waals surface area contributed by atoms with Gasteiger partial charge >= 0.3 is 0 Å². The third-order valence-corrected chi connectivity index (χ3v) is 6.62. The third-order valence-electron chi connectivity index (χ3n) is 6.62. The molecule has 8 heteroatoms. The Bertz CT molecular complexity index is 1300. The van der Waals surface area contributed by atoms with Gasteiger partial charge in [0.05, 0.1) is 6.54 Å². The summed E-state index contributed by atoms with van der Waals surface area (Å²) in [7, 11) is 0. The van der Waals surface area contributed by atoms with Gasteiger partial charge in [0.2, 0.25) is 11.9 Å². The predicted molar refractivity (Wildman–Crippen MR) is 136 cm³/mol. The topological polar surface area (TPSA) is 52.6 Å². The second-order valence-electron chi connectivity index (χ2n) is 8.90. The molecule has 2 aliphatic rings. The number of aromatic nitrogens is 2. The molecule has 3 aromatic rings. The van der Waals surface area contributed by atoms with Gasteiger partial charge < -0.3 is 14.7 Å². The Morgan fingerprint density at radius 2 is 1.50 bits per heavy atom. The number of nitrogens with zero attached hydrogens (tertiary/aromatic N) is 5. The molecule has 0 saturated carbocycles. The van der Waals surface area contributed by atoms with Crippen molar-refractivity contribution in [1.29, 1.82) is 0 Å². The summed E-state index contributed by atoms with van der Waals surface area (Å²) in [4.78, 5) is 27.7. The normalized spacial score (nSPS) is 18.1. The highest BCUT2D eigenvalue weighted by molar-refractivity contribution is 5.88. The van der Waals surface area contributed by atoms with Crippen LogP contribution in [0.15, 0.2) is 79.1 Å². The highest BCUT2D eigenvalue weighted by Gasteiger charge is 2.29. The summed E-state index contributed by atoms with van der Waals surface area (Å²) >= 11 is 0. The van der Waals surface area contributed by atoms with Gasteiger partial charge in [-0.3, -0.25) is 4.79 Å². The predicted octanol–water partition coefficient (Wildman–Crippen LogP) is 4.23. The number of benzene rings is 2. The van der Waals surface area contributed by atoms with Crippen LogP contribution < -0.4 is 4.90 Å². The molecule has 2 aromatic carbocycles. The molecule has 3 heterocycles. The lowest BCUT2D eigenvalue weighted by Crippen LogP contribution is -2.52. The molecule has 1 aromatic heterocycles. The van der Waals surface area contributed by atoms with Crippen molar-refractivity contribution >= 4 is 23.1 Å². The number of anilines is 1. The standard InChI is InChI=1S/C28H27F2N5O/c1-20-17-21(22-7-2-4-9-24(22)29)18-26(23-8-3-5-10-25(23)30)35(20)19-27(36)33-13-15-34(16-14-33)28-31-11-6-12-32-28/h2-12,17-18,20H,13-16,19H2,1H3. The van der Waals surface area contributed by atoms with Crippen LogP contribution in [-0.2, 0) is 4.79 Å². The smallest absolute Gasteiger partial charge is 0.242 e. The SMILES string of the molecule is CC1C=C(c2ccccc2F)C=C(c2ccccc2F)N1CC(=O)N1CCN(c2ncccn2)CC1. The Balaban J connectivity index is 1.37. The maximum absolute atomic E-state index is 14.9. The van der Waals surface area contributed by atoms with E-state index in [9.17, 15) is 13.6 Å². The van der Waals surface area contributed by atoms with Crippen LogP contribution in [0.4, 0.5) is 14.7 Å². The molecule has 1 saturated heterocycles. The van der Waals surface area contributed by atoms with E-state index in [-0.39, 0.29) is 30.1 Å². The molecule has 1 amide bonds. The van der Waals surface area contributed by atoms with Gasteiger partial charge in [-0.05, 0) is 42.8 Å². The quantitative estimate of drug-likeness (QED) is 0.539. The molecule has 0 bridgehead atoms. The van der Waals surface area contributed by atoms with E-state index < -0.39 is 0 Å². The molecule has 1 atom stereocenters. The number of halogens is 2. The lowest BCUT2D eigenvalue weighted by Gasteiger charge is -2.39. The van der Waals surface area contributed by atoms with Crippen LogP contribution in [-0.4, -0.2) is 64.4 Å². The highest BCUT2D eigenvalue weighted by Crippen LogP contribution is 2.34. The maximum atomic E-state index is 14.9. The average Bonchev–Trinajstić information content (AvgIpc) is 2.91. The van der Waals surface area contributed by atoms with E-state index in [2.05, 4.69) is 14.9 Å². The molecule has 5 rings (SSSR count). The van der Waals surface area contributed by atoms with E-state index in [1.54, 1.807) is 60.9 Å². The average molecular weight is 488 g/mol. The van der Waals surface area contributed by atoms with Gasteiger partial charge in [-0.15, -0.1) is 0 Å². The first-order chi connectivity index (χ1) is 17.5. The van der Waals surface area contributed by atoms with Crippen LogP contribution in [0.1, 0.15) is 18.1 Å². The van der Waals surface area contributed by atoms with E-state index in [1.807, 2.05) is 22.8 Å². The maximum Gasteiger partial charge on any atom is 0.242 e. The minimum absolute atomic E-state index is 0.0412. The molecule has 0 N–H and O–H groups in total. The van der Waals surface area contributed by atoms with Crippen LogP contribution >= 0.6 is 0 Å². The van der Waals surface area contributed by atoms with Crippen molar-refractivity contribution in [2.75, 3.05) is 37.6 Å². The Labute approximate surface area is 209 Å². The zero-order valence-electron chi connectivity index (χ0n) is 20.0. The Morgan fingerprint density at radius 3 is 2.14 bits per heavy atom. The van der Waals surface area contributed by atoms with Gasteiger partial charge in [-0.25, -0.2) is 18.7 Å². The number of rotatable bonds is 5. The molecular weight excluding hydrogens is 460 g/mol. The lowest BCUT2D eigenvalue weighted by molar-refractivity contribution is -0.132. The van der Waals surface area contributed by atoms with Crippen molar-refractivity contribution in [3.63, 3.8) is 0 Å². The molecular formula is C28H27F2N5O. The number of amides is 1. The minimum Gasteiger partial charge on any atom is -0.355 e. The fraction of sp³-hybridized carbons (Fsp3) is 0.250. The van der Waals surface area contributed by atoms with Crippen molar-refractivity contribution < 1.29 is 13.6 Å². The Hall–Kier alpha value is -4.07. The second kappa shape index (κ2) is 10.3. The highest BCUT2D eigenvalue weighted by atomic mass is 19.1. The van der Waals surface area contributed by atoms with Crippen LogP contribution in [0.3, 0.4) is 0 Å². The van der Waals surface area contributed by atoms with Gasteiger partial charge in [0.1, 0.15) is 11.6 Å². The number of carbonyl (C=O) groups excluding carboxylic acids is 1. The molecule has 36 heavy (non-hydrogen) atoms. The Kier molecular flexibility index (Phi) is 6.75. The molecule has 1 unspecified atom stereocenters. The molecule has 0 radical (unpaired) electrons. The molecule has 2 aliphatic heterocycles. The fourth-order valence-electron chi connectivity index (χ4n) is 4.70. The van der Waals surface area contributed by atoms with Crippen molar-refractivity contribution in [1.82, 2.24) is 19.8 Å². The molecule has 0 aliphatic carbocycles. The summed E-state index contributed by atoms with van der Waals surface area (Å²) in [5, 5.41) is 0. The lowest BCUT2D eigenvalue weighted by atomic mass is 9.94. The first-order valence-corrected chi connectivity index (χ1v) is 12.0. The van der Waals surface area contributed by atoms with Crippen molar-refractivity contribution in [2.45, 2.75) is 13.0 Å². The Morgan fingerprint density at radius 1 is 0.889 bits per heavy atom. The monoisotopic (exact) mass is 487 g/mol. The van der Waals surface area contributed by atoms with Crippen LogP contribution in [0.25, 0.3) is 11.3 Å². The van der Waals surface area contributed by atoms with E-state index in [4.69, 9.17) is 0 Å². The zero-order chi connectivity index (χ0) is 25.1. The molecule has 1 fully saturated rings. The fourth-order valence-corrected chi connectivity index (χ4v) is 4.70. The number of hydrogen-bond donors (Lipinski definition) is 0. The number of piperazine rings is 1. The minimum atomic E-state index is -0.389. The number of allylic oxidation sites excluding steroid dienone is 2. The van der Waals surface area contributed by atoms with E-state index >= 15 is 0 Å². The van der Waals surface area contributed by atoms with E-state index in [1.165, 1.54) is 12.1 Å². The van der Waals surface area contributed by atoms with Crippen LogP contribution in [0, 0.1) is 11.6 Å². The summed E-state index contributed by atoms with van der Waals surface area (Å²) in [5.74, 6) is -0.116. The summed E-state index contributed by atoms with van der Waals surface area (Å²) in [6, 6.07) is 14.5. The van der Waals surface area contributed by atoms with Gasteiger partial charge in [-0.1, -0.05) is 36.4 Å². The molecule has 184 valence electrons. The van der Waals surface area contributed by atoms with Gasteiger partial charge in [0.15, 0.2) is 0 Å². The van der Waals surface area contributed by atoms with Crippen molar-refractivity contribution in [3.05, 3.63) is 102 Å². The van der Waals surface area contributed by atoms with Gasteiger partial charge in [0.25, 0.3) is 0 Å². The second-order valence-corrected chi connectivity index (χ2v) is 8.90. The summed E-state index contributed by atoms with van der Waals surface area (Å²) in [5.41, 5.74) is 2.05. The van der Waals surface area contributed by atoms with Crippen LogP contribution in [0.2, 0.25) is 0 Å².